The number of hydrogen-bond acceptors (Lipinski definition) is 3. The lowest BCUT2D eigenvalue weighted by molar-refractivity contribution is 0.0938. The molecule has 1 aliphatic rings. The Bertz CT molecular complexity index is 845. The SMILES string of the molecule is CC(NNC(=O)c1ccc(COc2cc(C)ccc2C(C)C)cc1)=C1CC1. The van der Waals surface area contributed by atoms with Gasteiger partial charge in [0.15, 0.2) is 0 Å². The van der Waals surface area contributed by atoms with Gasteiger partial charge < -0.3 is 10.2 Å². The van der Waals surface area contributed by atoms with Crippen LogP contribution in [0.25, 0.3) is 0 Å². The van der Waals surface area contributed by atoms with Gasteiger partial charge >= 0.3 is 0 Å². The van der Waals surface area contributed by atoms with Crippen LogP contribution < -0.4 is 15.6 Å². The molecule has 2 aromatic rings. The van der Waals surface area contributed by atoms with Crippen molar-refractivity contribution >= 4 is 5.91 Å². The van der Waals surface area contributed by atoms with Crippen LogP contribution in [0.3, 0.4) is 0 Å². The van der Waals surface area contributed by atoms with E-state index in [9.17, 15) is 4.79 Å². The minimum atomic E-state index is -0.135. The number of hydrogen-bond donors (Lipinski definition) is 2. The summed E-state index contributed by atoms with van der Waals surface area (Å²) in [6.45, 7) is 8.87. The first-order chi connectivity index (χ1) is 12.9. The second-order valence-corrected chi connectivity index (χ2v) is 7.49. The Morgan fingerprint density at radius 1 is 1.07 bits per heavy atom. The van der Waals surface area contributed by atoms with Crippen LogP contribution in [0, 0.1) is 6.92 Å². The van der Waals surface area contributed by atoms with Gasteiger partial charge in [0.2, 0.25) is 0 Å². The molecule has 3 rings (SSSR count). The van der Waals surface area contributed by atoms with Crippen LogP contribution in [0.4, 0.5) is 0 Å². The molecule has 1 saturated carbocycles. The molecule has 0 aromatic heterocycles. The van der Waals surface area contributed by atoms with Gasteiger partial charge in [0, 0.05) is 11.3 Å². The number of nitrogens with one attached hydrogen (secondary N) is 2. The van der Waals surface area contributed by atoms with Gasteiger partial charge in [0.25, 0.3) is 5.91 Å². The Morgan fingerprint density at radius 2 is 1.78 bits per heavy atom. The van der Waals surface area contributed by atoms with Gasteiger partial charge in [-0.05, 0) is 73.1 Å². The Morgan fingerprint density at radius 3 is 2.41 bits per heavy atom. The third-order valence-corrected chi connectivity index (χ3v) is 4.80. The normalized spacial score (nSPS) is 12.7. The average molecular weight is 364 g/mol. The van der Waals surface area contributed by atoms with E-state index in [1.807, 2.05) is 31.2 Å². The molecule has 0 heterocycles. The van der Waals surface area contributed by atoms with Crippen LogP contribution >= 0.6 is 0 Å². The number of rotatable bonds is 7. The summed E-state index contributed by atoms with van der Waals surface area (Å²) >= 11 is 0. The van der Waals surface area contributed by atoms with Crippen molar-refractivity contribution in [2.45, 2.75) is 53.1 Å². The summed E-state index contributed by atoms with van der Waals surface area (Å²) in [4.78, 5) is 12.2. The first kappa shape index (κ1) is 19.0. The third kappa shape index (κ3) is 5.13. The van der Waals surface area contributed by atoms with Crippen molar-refractivity contribution in [3.8, 4) is 5.75 Å². The fourth-order valence-corrected chi connectivity index (χ4v) is 2.91. The largest absolute Gasteiger partial charge is 0.489 e. The van der Waals surface area contributed by atoms with E-state index in [0.29, 0.717) is 18.1 Å². The van der Waals surface area contributed by atoms with Crippen molar-refractivity contribution in [2.75, 3.05) is 0 Å². The molecule has 1 amide bonds. The topological polar surface area (TPSA) is 50.4 Å². The molecule has 2 N–H and O–H groups in total. The second-order valence-electron chi connectivity index (χ2n) is 7.49. The zero-order chi connectivity index (χ0) is 19.4. The van der Waals surface area contributed by atoms with Crippen molar-refractivity contribution < 1.29 is 9.53 Å². The molecular weight excluding hydrogens is 336 g/mol. The van der Waals surface area contributed by atoms with Crippen molar-refractivity contribution in [2.24, 2.45) is 0 Å². The van der Waals surface area contributed by atoms with Crippen molar-refractivity contribution in [3.63, 3.8) is 0 Å². The number of allylic oxidation sites excluding steroid dienone is 2. The van der Waals surface area contributed by atoms with E-state index in [1.54, 1.807) is 0 Å². The molecule has 0 unspecified atom stereocenters. The number of benzene rings is 2. The van der Waals surface area contributed by atoms with E-state index in [0.717, 1.165) is 29.9 Å². The molecular formula is C23H28N2O2. The summed E-state index contributed by atoms with van der Waals surface area (Å²) in [7, 11) is 0. The van der Waals surface area contributed by atoms with E-state index in [-0.39, 0.29) is 5.91 Å². The van der Waals surface area contributed by atoms with E-state index >= 15 is 0 Å². The lowest BCUT2D eigenvalue weighted by atomic mass is 10.0. The van der Waals surface area contributed by atoms with Gasteiger partial charge in [0.05, 0.1) is 0 Å². The van der Waals surface area contributed by atoms with E-state index in [4.69, 9.17) is 4.74 Å². The minimum Gasteiger partial charge on any atom is -0.489 e. The molecule has 1 aliphatic carbocycles. The maximum Gasteiger partial charge on any atom is 0.269 e. The highest BCUT2D eigenvalue weighted by Gasteiger charge is 2.15. The molecule has 0 bridgehead atoms. The summed E-state index contributed by atoms with van der Waals surface area (Å²) in [5.74, 6) is 1.21. The van der Waals surface area contributed by atoms with Crippen LogP contribution in [0.1, 0.15) is 66.6 Å². The highest BCUT2D eigenvalue weighted by atomic mass is 16.5. The number of carbonyl (C=O) groups excluding carboxylic acids is 1. The maximum atomic E-state index is 12.2. The molecule has 0 spiro atoms. The highest BCUT2D eigenvalue weighted by Crippen LogP contribution is 2.30. The number of ether oxygens (including phenoxy) is 1. The first-order valence-electron chi connectivity index (χ1n) is 9.51. The zero-order valence-corrected chi connectivity index (χ0v) is 16.6. The molecule has 0 saturated heterocycles. The monoisotopic (exact) mass is 364 g/mol. The minimum absolute atomic E-state index is 0.135. The molecule has 0 aliphatic heterocycles. The molecule has 4 heteroatoms. The van der Waals surface area contributed by atoms with E-state index in [2.05, 4.69) is 49.8 Å². The summed E-state index contributed by atoms with van der Waals surface area (Å²) in [6.07, 6.45) is 2.26. The van der Waals surface area contributed by atoms with Crippen molar-refractivity contribution in [1.82, 2.24) is 10.9 Å². The molecule has 4 nitrogen and oxygen atoms in total. The molecule has 0 atom stereocenters. The van der Waals surface area contributed by atoms with Gasteiger partial charge in [-0.2, -0.15) is 0 Å². The predicted octanol–water partition coefficient (Wildman–Crippen LogP) is 5.00. The molecule has 27 heavy (non-hydrogen) atoms. The Labute approximate surface area is 161 Å². The van der Waals surface area contributed by atoms with E-state index < -0.39 is 0 Å². The van der Waals surface area contributed by atoms with E-state index in [1.165, 1.54) is 16.7 Å². The van der Waals surface area contributed by atoms with Gasteiger partial charge in [-0.3, -0.25) is 10.2 Å². The quantitative estimate of drug-likeness (QED) is 0.680. The molecule has 1 fully saturated rings. The van der Waals surface area contributed by atoms with Crippen molar-refractivity contribution in [1.29, 1.82) is 0 Å². The smallest absolute Gasteiger partial charge is 0.269 e. The summed E-state index contributed by atoms with van der Waals surface area (Å²) in [5.41, 5.74) is 12.2. The first-order valence-corrected chi connectivity index (χ1v) is 9.51. The Balaban J connectivity index is 1.58. The van der Waals surface area contributed by atoms with Gasteiger partial charge in [0.1, 0.15) is 12.4 Å². The fraction of sp³-hybridized carbons (Fsp3) is 0.348. The molecule has 142 valence electrons. The van der Waals surface area contributed by atoms with Crippen LogP contribution in [-0.2, 0) is 6.61 Å². The highest BCUT2D eigenvalue weighted by molar-refractivity contribution is 5.93. The van der Waals surface area contributed by atoms with Crippen LogP contribution in [-0.4, -0.2) is 5.91 Å². The summed E-state index contributed by atoms with van der Waals surface area (Å²) in [6, 6.07) is 13.9. The lowest BCUT2D eigenvalue weighted by Crippen LogP contribution is -2.36. The van der Waals surface area contributed by atoms with Crippen LogP contribution in [0.5, 0.6) is 5.75 Å². The standard InChI is InChI=1S/C23H28N2O2/c1-15(2)21-12-5-16(3)13-22(21)27-14-18-6-8-20(9-7-18)23(26)25-24-17(4)19-10-11-19/h5-9,12-13,15,24H,10-11,14H2,1-4H3,(H,25,26). The number of aryl methyl sites for hydroxylation is 1. The van der Waals surface area contributed by atoms with Crippen LogP contribution in [0.2, 0.25) is 0 Å². The van der Waals surface area contributed by atoms with Crippen LogP contribution in [0.15, 0.2) is 53.7 Å². The maximum absolute atomic E-state index is 12.2. The van der Waals surface area contributed by atoms with Crippen molar-refractivity contribution in [3.05, 3.63) is 76.0 Å². The second kappa shape index (κ2) is 8.30. The zero-order valence-electron chi connectivity index (χ0n) is 16.6. The number of carbonyl (C=O) groups is 1. The molecule has 2 aromatic carbocycles. The number of hydrazine groups is 1. The Kier molecular flexibility index (Phi) is 5.84. The fourth-order valence-electron chi connectivity index (χ4n) is 2.91. The lowest BCUT2D eigenvalue weighted by Gasteiger charge is -2.15. The van der Waals surface area contributed by atoms with Gasteiger partial charge in [-0.1, -0.05) is 38.1 Å². The third-order valence-electron chi connectivity index (χ3n) is 4.80. The molecule has 0 radical (unpaired) electrons. The number of amides is 1. The average Bonchev–Trinajstić information content (AvgIpc) is 3.49. The predicted molar refractivity (Wildman–Crippen MR) is 109 cm³/mol. The van der Waals surface area contributed by atoms with Gasteiger partial charge in [-0.25, -0.2) is 0 Å². The summed E-state index contributed by atoms with van der Waals surface area (Å²) in [5, 5.41) is 0. The Hall–Kier alpha value is -2.75. The summed E-state index contributed by atoms with van der Waals surface area (Å²) < 4.78 is 6.06. The van der Waals surface area contributed by atoms with Gasteiger partial charge in [-0.15, -0.1) is 0 Å².